The first-order valence-electron chi connectivity index (χ1n) is 8.32. The van der Waals surface area contributed by atoms with Crippen LogP contribution in [0.25, 0.3) is 10.9 Å². The molecule has 0 aliphatic carbocycles. The molecule has 4 aromatic rings. The van der Waals surface area contributed by atoms with Crippen molar-refractivity contribution < 1.29 is 9.50 Å². The number of benzene rings is 2. The van der Waals surface area contributed by atoms with Crippen molar-refractivity contribution >= 4 is 28.3 Å². The molecular formula is C21H15ClFN3O. The Kier molecular flexibility index (Phi) is 4.60. The lowest BCUT2D eigenvalue weighted by Gasteiger charge is -2.23. The van der Waals surface area contributed by atoms with Crippen molar-refractivity contribution in [2.24, 2.45) is 0 Å². The summed E-state index contributed by atoms with van der Waals surface area (Å²) in [6.07, 6.45) is 3.28. The van der Waals surface area contributed by atoms with Crippen LogP contribution in [0.2, 0.25) is 5.02 Å². The summed E-state index contributed by atoms with van der Waals surface area (Å²) in [6, 6.07) is 16.5. The normalized spacial score (nSPS) is 12.1. The van der Waals surface area contributed by atoms with Crippen molar-refractivity contribution in [1.29, 1.82) is 0 Å². The second-order valence-electron chi connectivity index (χ2n) is 6.04. The fourth-order valence-electron chi connectivity index (χ4n) is 3.03. The number of hydrogen-bond acceptors (Lipinski definition) is 4. The van der Waals surface area contributed by atoms with Gasteiger partial charge in [-0.05, 0) is 35.9 Å². The minimum absolute atomic E-state index is 0.0434. The number of aromatic nitrogens is 2. The third-order valence-corrected chi connectivity index (χ3v) is 4.65. The highest BCUT2D eigenvalue weighted by molar-refractivity contribution is 6.31. The molecule has 4 nitrogen and oxygen atoms in total. The summed E-state index contributed by atoms with van der Waals surface area (Å²) in [7, 11) is 0. The molecule has 2 aromatic carbocycles. The van der Waals surface area contributed by atoms with Crippen LogP contribution in [0.15, 0.2) is 73.1 Å². The number of fused-ring (bicyclic) bond motifs is 1. The van der Waals surface area contributed by atoms with E-state index >= 15 is 0 Å². The van der Waals surface area contributed by atoms with Gasteiger partial charge in [0.1, 0.15) is 22.9 Å². The van der Waals surface area contributed by atoms with E-state index in [2.05, 4.69) is 15.3 Å². The molecule has 0 saturated heterocycles. The highest BCUT2D eigenvalue weighted by Gasteiger charge is 2.22. The molecule has 4 rings (SSSR count). The van der Waals surface area contributed by atoms with Gasteiger partial charge in [0.15, 0.2) is 0 Å². The number of nitrogens with zero attached hydrogens (tertiary/aromatic N) is 2. The molecule has 6 heteroatoms. The Labute approximate surface area is 160 Å². The SMILES string of the molecule is Oc1c(C(Nc2ccccn2)c2ccc(F)cc2Cl)ccc2cccnc12. The second kappa shape index (κ2) is 7.21. The van der Waals surface area contributed by atoms with E-state index in [1.54, 1.807) is 30.6 Å². The van der Waals surface area contributed by atoms with Gasteiger partial charge in [0.2, 0.25) is 0 Å². The van der Waals surface area contributed by atoms with Gasteiger partial charge in [0.25, 0.3) is 0 Å². The number of phenols is 1. The number of pyridine rings is 2. The fourth-order valence-corrected chi connectivity index (χ4v) is 3.31. The summed E-state index contributed by atoms with van der Waals surface area (Å²) in [5.41, 5.74) is 1.68. The maximum atomic E-state index is 13.6. The highest BCUT2D eigenvalue weighted by atomic mass is 35.5. The Hall–Kier alpha value is -3.18. The molecule has 134 valence electrons. The van der Waals surface area contributed by atoms with Gasteiger partial charge in [0, 0.05) is 28.4 Å². The van der Waals surface area contributed by atoms with E-state index in [-0.39, 0.29) is 10.8 Å². The zero-order chi connectivity index (χ0) is 18.8. The number of phenolic OH excluding ortho intramolecular Hbond substituents is 1. The zero-order valence-electron chi connectivity index (χ0n) is 14.1. The first-order valence-corrected chi connectivity index (χ1v) is 8.70. The van der Waals surface area contributed by atoms with Crippen molar-refractivity contribution in [1.82, 2.24) is 9.97 Å². The molecule has 0 aliphatic heterocycles. The van der Waals surface area contributed by atoms with E-state index in [4.69, 9.17) is 11.6 Å². The minimum atomic E-state index is -0.542. The summed E-state index contributed by atoms with van der Waals surface area (Å²) < 4.78 is 13.6. The van der Waals surface area contributed by atoms with Crippen LogP contribution in [-0.2, 0) is 0 Å². The van der Waals surface area contributed by atoms with Crippen LogP contribution in [-0.4, -0.2) is 15.1 Å². The Morgan fingerprint density at radius 1 is 0.926 bits per heavy atom. The Morgan fingerprint density at radius 3 is 2.52 bits per heavy atom. The van der Waals surface area contributed by atoms with Crippen LogP contribution >= 0.6 is 11.6 Å². The topological polar surface area (TPSA) is 58.0 Å². The molecule has 0 amide bonds. The Morgan fingerprint density at radius 2 is 1.74 bits per heavy atom. The lowest BCUT2D eigenvalue weighted by Crippen LogP contribution is -2.14. The molecule has 0 spiro atoms. The van der Waals surface area contributed by atoms with Gasteiger partial charge in [-0.25, -0.2) is 9.37 Å². The first-order chi connectivity index (χ1) is 13.1. The first kappa shape index (κ1) is 17.2. The zero-order valence-corrected chi connectivity index (χ0v) is 14.9. The predicted octanol–water partition coefficient (Wildman–Crippen LogP) is 5.33. The van der Waals surface area contributed by atoms with Gasteiger partial charge >= 0.3 is 0 Å². The van der Waals surface area contributed by atoms with Crippen LogP contribution in [0.3, 0.4) is 0 Å². The van der Waals surface area contributed by atoms with Gasteiger partial charge in [-0.2, -0.15) is 0 Å². The molecule has 0 fully saturated rings. The molecule has 1 atom stereocenters. The van der Waals surface area contributed by atoms with E-state index in [1.807, 2.05) is 30.3 Å². The molecule has 0 aliphatic rings. The summed E-state index contributed by atoms with van der Waals surface area (Å²) in [6.45, 7) is 0. The third-order valence-electron chi connectivity index (χ3n) is 4.32. The molecule has 0 bridgehead atoms. The lowest BCUT2D eigenvalue weighted by molar-refractivity contribution is 0.471. The van der Waals surface area contributed by atoms with Gasteiger partial charge in [-0.3, -0.25) is 4.98 Å². The summed E-state index contributed by atoms with van der Waals surface area (Å²) >= 11 is 6.31. The number of halogens is 2. The van der Waals surface area contributed by atoms with Crippen LogP contribution in [0.5, 0.6) is 5.75 Å². The van der Waals surface area contributed by atoms with Gasteiger partial charge in [-0.15, -0.1) is 0 Å². The average Bonchev–Trinajstić information content (AvgIpc) is 2.68. The van der Waals surface area contributed by atoms with Gasteiger partial charge in [-0.1, -0.05) is 41.9 Å². The van der Waals surface area contributed by atoms with Crippen LogP contribution in [0, 0.1) is 5.82 Å². The smallest absolute Gasteiger partial charge is 0.147 e. The van der Waals surface area contributed by atoms with E-state index in [9.17, 15) is 9.50 Å². The highest BCUT2D eigenvalue weighted by Crippen LogP contribution is 2.38. The Balaban J connectivity index is 1.88. The monoisotopic (exact) mass is 379 g/mol. The van der Waals surface area contributed by atoms with E-state index in [1.165, 1.54) is 12.1 Å². The molecule has 0 radical (unpaired) electrons. The third kappa shape index (κ3) is 3.41. The van der Waals surface area contributed by atoms with Crippen LogP contribution < -0.4 is 5.32 Å². The van der Waals surface area contributed by atoms with Crippen molar-refractivity contribution in [3.63, 3.8) is 0 Å². The Bertz CT molecular complexity index is 1110. The maximum absolute atomic E-state index is 13.6. The van der Waals surface area contributed by atoms with Crippen molar-refractivity contribution in [2.75, 3.05) is 5.32 Å². The predicted molar refractivity (Wildman–Crippen MR) is 105 cm³/mol. The number of rotatable bonds is 4. The van der Waals surface area contributed by atoms with Crippen molar-refractivity contribution in [3.8, 4) is 5.75 Å². The maximum Gasteiger partial charge on any atom is 0.147 e. The molecule has 1 unspecified atom stereocenters. The lowest BCUT2D eigenvalue weighted by atomic mass is 9.96. The van der Waals surface area contributed by atoms with Gasteiger partial charge < -0.3 is 10.4 Å². The standard InChI is InChI=1S/C21H15ClFN3O/c22-17-12-14(23)7-9-15(17)20(26-18-5-1-2-10-24-18)16-8-6-13-4-3-11-25-19(13)21(16)27/h1-12,20,27H,(H,24,26). The molecule has 2 aromatic heterocycles. The molecular weight excluding hydrogens is 365 g/mol. The summed E-state index contributed by atoms with van der Waals surface area (Å²) in [5, 5.41) is 15.2. The minimum Gasteiger partial charge on any atom is -0.505 e. The molecule has 2 N–H and O–H groups in total. The van der Waals surface area contributed by atoms with Gasteiger partial charge in [0.05, 0.1) is 6.04 Å². The summed E-state index contributed by atoms with van der Waals surface area (Å²) in [4.78, 5) is 8.56. The number of anilines is 1. The number of nitrogens with one attached hydrogen (secondary N) is 1. The molecule has 27 heavy (non-hydrogen) atoms. The average molecular weight is 380 g/mol. The quantitative estimate of drug-likeness (QED) is 0.503. The van der Waals surface area contributed by atoms with E-state index < -0.39 is 11.9 Å². The van der Waals surface area contributed by atoms with Crippen molar-refractivity contribution in [2.45, 2.75) is 6.04 Å². The second-order valence-corrected chi connectivity index (χ2v) is 6.44. The number of aromatic hydroxyl groups is 1. The van der Waals surface area contributed by atoms with Crippen LogP contribution in [0.4, 0.5) is 10.2 Å². The van der Waals surface area contributed by atoms with E-state index in [0.29, 0.717) is 22.5 Å². The van der Waals surface area contributed by atoms with E-state index in [0.717, 1.165) is 5.39 Å². The fraction of sp³-hybridized carbons (Fsp3) is 0.0476. The van der Waals surface area contributed by atoms with Crippen LogP contribution in [0.1, 0.15) is 17.2 Å². The largest absolute Gasteiger partial charge is 0.505 e. The number of hydrogen-bond donors (Lipinski definition) is 2. The summed E-state index contributed by atoms with van der Waals surface area (Å²) in [5.74, 6) is 0.218. The molecule has 2 heterocycles. The molecule has 0 saturated carbocycles. The van der Waals surface area contributed by atoms with Crippen molar-refractivity contribution in [3.05, 3.63) is 95.0 Å².